The van der Waals surface area contributed by atoms with E-state index in [1.807, 2.05) is 0 Å². The van der Waals surface area contributed by atoms with Crippen LogP contribution in [0, 0.1) is 0 Å². The first-order valence-electron chi connectivity index (χ1n) is 2.72. The Morgan fingerprint density at radius 1 is 1.27 bits per heavy atom. The van der Waals surface area contributed by atoms with E-state index in [1.165, 1.54) is 0 Å². The zero-order chi connectivity index (χ0) is 7.56. The molecule has 0 aliphatic heterocycles. The predicted molar refractivity (Wildman–Crippen MR) is 43.0 cm³/mol. The molecule has 5 heteroatoms. The van der Waals surface area contributed by atoms with Crippen molar-refractivity contribution in [2.24, 2.45) is 0 Å². The molecule has 0 spiro atoms. The van der Waals surface area contributed by atoms with Crippen LogP contribution in [0.2, 0.25) is 10.0 Å². The Kier molecular flexibility index (Phi) is 4.61. The summed E-state index contributed by atoms with van der Waals surface area (Å²) >= 11 is 11.4. The Labute approximate surface area is 81.1 Å². The first-order chi connectivity index (χ1) is 4.74. The van der Waals surface area contributed by atoms with Crippen LogP contribution in [0.5, 0.6) is 0 Å². The Morgan fingerprint density at radius 2 is 1.91 bits per heavy atom. The van der Waals surface area contributed by atoms with Gasteiger partial charge in [-0.05, 0) is 18.2 Å². The van der Waals surface area contributed by atoms with Crippen molar-refractivity contribution < 1.29 is 18.2 Å². The highest BCUT2D eigenvalue weighted by molar-refractivity contribution is 6.36. The molecule has 1 aromatic rings. The number of hydrogen-bond donors (Lipinski definition) is 2. The van der Waals surface area contributed by atoms with Crippen molar-refractivity contribution >= 4 is 28.9 Å². The van der Waals surface area contributed by atoms with E-state index in [2.05, 4.69) is 11.3 Å². The first kappa shape index (κ1) is 10.8. The van der Waals surface area contributed by atoms with E-state index < -0.39 is 0 Å². The standard InChI is InChI=1S/C6H6Cl2N2.ClH/c7-4-1-2-6(10-9)5(8)3-4;/h1-3,10H,9H2;1H. The first-order valence-corrected chi connectivity index (χ1v) is 3.48. The molecule has 0 atom stereocenters. The second kappa shape index (κ2) is 4.67. The summed E-state index contributed by atoms with van der Waals surface area (Å²) in [4.78, 5) is 0. The van der Waals surface area contributed by atoms with Crippen LogP contribution in [0.1, 0.15) is 0 Å². The molecule has 1 aromatic carbocycles. The third-order valence-electron chi connectivity index (χ3n) is 1.12. The Balaban J connectivity index is 0.000001000. The molecule has 0 aromatic heterocycles. The van der Waals surface area contributed by atoms with Gasteiger partial charge in [0.1, 0.15) is 5.69 Å². The van der Waals surface area contributed by atoms with Crippen LogP contribution in [0.15, 0.2) is 18.2 Å². The van der Waals surface area contributed by atoms with Gasteiger partial charge >= 0.3 is 0 Å². The van der Waals surface area contributed by atoms with Crippen LogP contribution < -0.4 is 23.7 Å². The second-order valence-corrected chi connectivity index (χ2v) is 2.64. The molecule has 0 aliphatic rings. The third kappa shape index (κ3) is 2.75. The van der Waals surface area contributed by atoms with Gasteiger partial charge in [-0.3, -0.25) is 5.84 Å². The minimum atomic E-state index is 0. The fourth-order valence-electron chi connectivity index (χ4n) is 0.633. The topological polar surface area (TPSA) is 39.7 Å². The van der Waals surface area contributed by atoms with Crippen molar-refractivity contribution in [1.29, 1.82) is 0 Å². The largest absolute Gasteiger partial charge is 1.00 e. The van der Waals surface area contributed by atoms with Crippen LogP contribution in [0.3, 0.4) is 0 Å². The zero-order valence-electron chi connectivity index (χ0n) is 5.57. The van der Waals surface area contributed by atoms with Gasteiger partial charge < -0.3 is 12.4 Å². The molecular formula is C6H7Cl3N2. The quantitative estimate of drug-likeness (QED) is 0.552. The van der Waals surface area contributed by atoms with Crippen LogP contribution >= 0.6 is 23.2 Å². The maximum absolute atomic E-state index is 5.74. The maximum atomic E-state index is 5.74. The van der Waals surface area contributed by atoms with Crippen molar-refractivity contribution in [2.45, 2.75) is 0 Å². The van der Waals surface area contributed by atoms with Crippen molar-refractivity contribution in [1.82, 2.24) is 0 Å². The van der Waals surface area contributed by atoms with Crippen molar-refractivity contribution in [2.75, 3.05) is 5.43 Å². The molecule has 62 valence electrons. The summed E-state index contributed by atoms with van der Waals surface area (Å²) in [6.07, 6.45) is 0. The molecule has 4 N–H and O–H groups in total. The number of quaternary nitrogens is 1. The fourth-order valence-corrected chi connectivity index (χ4v) is 1.11. The molecule has 0 fully saturated rings. The molecule has 0 saturated heterocycles. The minimum Gasteiger partial charge on any atom is -1.00 e. The molecule has 0 saturated carbocycles. The maximum Gasteiger partial charge on any atom is 0.103 e. The fraction of sp³-hybridized carbons (Fsp3) is 0. The third-order valence-corrected chi connectivity index (χ3v) is 1.67. The average Bonchev–Trinajstić information content (AvgIpc) is 1.88. The number of anilines is 1. The highest BCUT2D eigenvalue weighted by Gasteiger charge is 1.98. The number of nitrogens with one attached hydrogen (secondary N) is 1. The predicted octanol–water partition coefficient (Wildman–Crippen LogP) is -1.43. The Morgan fingerprint density at radius 3 is 2.36 bits per heavy atom. The number of benzene rings is 1. The van der Waals surface area contributed by atoms with E-state index in [0.717, 1.165) is 5.69 Å². The number of rotatable bonds is 1. The van der Waals surface area contributed by atoms with Gasteiger partial charge in [-0.2, -0.15) is 0 Å². The molecule has 0 heterocycles. The lowest BCUT2D eigenvalue weighted by atomic mass is 10.3. The minimum absolute atomic E-state index is 0. The van der Waals surface area contributed by atoms with E-state index in [0.29, 0.717) is 10.0 Å². The summed E-state index contributed by atoms with van der Waals surface area (Å²) in [6, 6.07) is 5.19. The SMILES string of the molecule is [Cl-].[NH3+]Nc1ccc(Cl)cc1Cl. The van der Waals surface area contributed by atoms with E-state index in [9.17, 15) is 0 Å². The van der Waals surface area contributed by atoms with Crippen molar-refractivity contribution in [3.63, 3.8) is 0 Å². The molecule has 0 unspecified atom stereocenters. The van der Waals surface area contributed by atoms with Gasteiger partial charge in [0.2, 0.25) is 0 Å². The van der Waals surface area contributed by atoms with Crippen LogP contribution in [0.4, 0.5) is 5.69 Å². The van der Waals surface area contributed by atoms with Gasteiger partial charge in [0.15, 0.2) is 0 Å². The van der Waals surface area contributed by atoms with Gasteiger partial charge in [-0.25, -0.2) is 5.43 Å². The lowest BCUT2D eigenvalue weighted by molar-refractivity contribution is -0.325. The van der Waals surface area contributed by atoms with E-state index in [-0.39, 0.29) is 12.4 Å². The highest BCUT2D eigenvalue weighted by atomic mass is 35.5. The van der Waals surface area contributed by atoms with Gasteiger partial charge in [0.25, 0.3) is 0 Å². The molecule has 0 aliphatic carbocycles. The second-order valence-electron chi connectivity index (χ2n) is 1.80. The molecule has 0 radical (unpaired) electrons. The molecule has 1 rings (SSSR count). The summed E-state index contributed by atoms with van der Waals surface area (Å²) in [6.45, 7) is 0. The monoisotopic (exact) mass is 212 g/mol. The van der Waals surface area contributed by atoms with E-state index >= 15 is 0 Å². The van der Waals surface area contributed by atoms with Crippen LogP contribution in [-0.4, -0.2) is 0 Å². The van der Waals surface area contributed by atoms with Crippen molar-refractivity contribution in [3.05, 3.63) is 28.2 Å². The molecular weight excluding hydrogens is 206 g/mol. The number of hydrogen-bond acceptors (Lipinski definition) is 1. The molecule has 0 amide bonds. The van der Waals surface area contributed by atoms with Crippen molar-refractivity contribution in [3.8, 4) is 0 Å². The summed E-state index contributed by atoms with van der Waals surface area (Å²) < 4.78 is 0. The zero-order valence-corrected chi connectivity index (χ0v) is 7.84. The normalized spacial score (nSPS) is 8.64. The Bertz CT molecular complexity index is 239. The lowest BCUT2D eigenvalue weighted by Crippen LogP contribution is -3.00. The van der Waals surface area contributed by atoms with Gasteiger partial charge in [-0.1, -0.05) is 23.2 Å². The Hall–Kier alpha value is -0.150. The van der Waals surface area contributed by atoms with Crippen LogP contribution in [0.25, 0.3) is 0 Å². The van der Waals surface area contributed by atoms with E-state index in [1.54, 1.807) is 18.2 Å². The molecule has 0 bridgehead atoms. The van der Waals surface area contributed by atoms with Gasteiger partial charge in [-0.15, -0.1) is 0 Å². The lowest BCUT2D eigenvalue weighted by Gasteiger charge is -1.98. The summed E-state index contributed by atoms with van der Waals surface area (Å²) in [5.74, 6) is 3.47. The number of halogens is 3. The molecule has 11 heavy (non-hydrogen) atoms. The smallest absolute Gasteiger partial charge is 0.103 e. The van der Waals surface area contributed by atoms with Crippen LogP contribution in [-0.2, 0) is 0 Å². The summed E-state index contributed by atoms with van der Waals surface area (Å²) in [5.41, 5.74) is 3.47. The average molecular weight is 213 g/mol. The van der Waals surface area contributed by atoms with E-state index in [4.69, 9.17) is 23.2 Å². The van der Waals surface area contributed by atoms with Gasteiger partial charge in [0.05, 0.1) is 5.02 Å². The highest BCUT2D eigenvalue weighted by Crippen LogP contribution is 2.23. The molecule has 2 nitrogen and oxygen atoms in total. The van der Waals surface area contributed by atoms with Gasteiger partial charge in [0, 0.05) is 5.02 Å². The summed E-state index contributed by atoms with van der Waals surface area (Å²) in [5, 5.41) is 1.21. The summed E-state index contributed by atoms with van der Waals surface area (Å²) in [7, 11) is 0.